The number of pyridine rings is 1. The molecule has 0 bridgehead atoms. The van der Waals surface area contributed by atoms with E-state index in [9.17, 15) is 0 Å². The zero-order valence-electron chi connectivity index (χ0n) is 12.9. The van der Waals surface area contributed by atoms with Gasteiger partial charge in [0.25, 0.3) is 0 Å². The molecule has 0 radical (unpaired) electrons. The molecule has 1 aliphatic carbocycles. The van der Waals surface area contributed by atoms with Crippen LogP contribution in [-0.4, -0.2) is 11.5 Å². The van der Waals surface area contributed by atoms with Crippen molar-refractivity contribution in [1.82, 2.24) is 4.98 Å². The molecular formula is C17H28N2. The molecule has 0 atom stereocenters. The van der Waals surface area contributed by atoms with Crippen LogP contribution in [-0.2, 0) is 0 Å². The van der Waals surface area contributed by atoms with E-state index in [1.165, 1.54) is 36.9 Å². The molecule has 2 heteroatoms. The summed E-state index contributed by atoms with van der Waals surface area (Å²) in [6.45, 7) is 10.4. The Balaban J connectivity index is 1.79. The summed E-state index contributed by atoms with van der Waals surface area (Å²) >= 11 is 0. The normalized spacial score (nSPS) is 24.2. The average Bonchev–Trinajstić information content (AvgIpc) is 2.37. The van der Waals surface area contributed by atoms with Crippen LogP contribution in [0, 0.1) is 24.2 Å². The third-order valence-electron chi connectivity index (χ3n) is 4.69. The molecule has 1 N–H and O–H groups in total. The first-order valence-corrected chi connectivity index (χ1v) is 7.61. The molecule has 1 aliphatic rings. The van der Waals surface area contributed by atoms with E-state index in [1.54, 1.807) is 0 Å². The van der Waals surface area contributed by atoms with Crippen molar-refractivity contribution < 1.29 is 0 Å². The minimum absolute atomic E-state index is 0.484. The lowest BCUT2D eigenvalue weighted by Crippen LogP contribution is -2.28. The Morgan fingerprint density at radius 2 is 1.89 bits per heavy atom. The number of hydrogen-bond donors (Lipinski definition) is 1. The van der Waals surface area contributed by atoms with Gasteiger partial charge in [0.2, 0.25) is 0 Å². The van der Waals surface area contributed by atoms with Gasteiger partial charge in [0.05, 0.1) is 11.9 Å². The molecule has 0 aliphatic heterocycles. The highest BCUT2D eigenvalue weighted by Crippen LogP contribution is 2.39. The molecule has 0 spiro atoms. The highest BCUT2D eigenvalue weighted by Gasteiger charge is 2.29. The molecule has 106 valence electrons. The fourth-order valence-corrected chi connectivity index (χ4v) is 3.14. The second-order valence-corrected chi connectivity index (χ2v) is 7.16. The van der Waals surface area contributed by atoms with E-state index in [0.29, 0.717) is 5.41 Å². The molecule has 0 unspecified atom stereocenters. The maximum Gasteiger partial charge on any atom is 0.0556 e. The minimum atomic E-state index is 0.484. The van der Waals surface area contributed by atoms with Crippen molar-refractivity contribution in [2.45, 2.75) is 53.4 Å². The third-order valence-corrected chi connectivity index (χ3v) is 4.69. The predicted molar refractivity (Wildman–Crippen MR) is 82.4 cm³/mol. The van der Waals surface area contributed by atoms with E-state index >= 15 is 0 Å². The largest absolute Gasteiger partial charge is 0.383 e. The van der Waals surface area contributed by atoms with E-state index in [4.69, 9.17) is 0 Å². The van der Waals surface area contributed by atoms with Crippen molar-refractivity contribution in [3.05, 3.63) is 24.0 Å². The first-order valence-electron chi connectivity index (χ1n) is 7.61. The van der Waals surface area contributed by atoms with E-state index in [1.807, 2.05) is 12.4 Å². The Morgan fingerprint density at radius 3 is 2.47 bits per heavy atom. The van der Waals surface area contributed by atoms with Gasteiger partial charge in [-0.3, -0.25) is 4.98 Å². The number of hydrogen-bond acceptors (Lipinski definition) is 2. The lowest BCUT2D eigenvalue weighted by Gasteiger charge is -2.37. The standard InChI is InChI=1S/C17H28N2/c1-13-9-10-18-12-16(13)19-11-14-5-7-15(8-6-14)17(2,3)4/h9-10,12,14-15,19H,5-8,11H2,1-4H3. The van der Waals surface area contributed by atoms with Crippen LogP contribution in [0.5, 0.6) is 0 Å². The summed E-state index contributed by atoms with van der Waals surface area (Å²) in [5.41, 5.74) is 2.97. The Hall–Kier alpha value is -1.05. The summed E-state index contributed by atoms with van der Waals surface area (Å²) in [5.74, 6) is 1.74. The van der Waals surface area contributed by atoms with Crippen molar-refractivity contribution >= 4 is 5.69 Å². The smallest absolute Gasteiger partial charge is 0.0556 e. The van der Waals surface area contributed by atoms with Gasteiger partial charge in [-0.2, -0.15) is 0 Å². The quantitative estimate of drug-likeness (QED) is 0.855. The maximum atomic E-state index is 4.19. The summed E-state index contributed by atoms with van der Waals surface area (Å²) < 4.78 is 0. The van der Waals surface area contributed by atoms with Gasteiger partial charge in [0.15, 0.2) is 0 Å². The van der Waals surface area contributed by atoms with Gasteiger partial charge in [-0.05, 0) is 61.5 Å². The number of aromatic nitrogens is 1. The second kappa shape index (κ2) is 5.94. The lowest BCUT2D eigenvalue weighted by molar-refractivity contribution is 0.153. The van der Waals surface area contributed by atoms with Crippen LogP contribution >= 0.6 is 0 Å². The summed E-state index contributed by atoms with van der Waals surface area (Å²) in [7, 11) is 0. The summed E-state index contributed by atoms with van der Waals surface area (Å²) in [6.07, 6.45) is 9.32. The Bertz CT molecular complexity index is 398. The molecule has 19 heavy (non-hydrogen) atoms. The maximum absolute atomic E-state index is 4.19. The minimum Gasteiger partial charge on any atom is -0.383 e. The van der Waals surface area contributed by atoms with Crippen LogP contribution in [0.3, 0.4) is 0 Å². The molecule has 0 aromatic carbocycles. The zero-order valence-corrected chi connectivity index (χ0v) is 12.9. The first-order chi connectivity index (χ1) is 8.97. The van der Waals surface area contributed by atoms with Gasteiger partial charge < -0.3 is 5.32 Å². The van der Waals surface area contributed by atoms with E-state index in [2.05, 4.69) is 44.1 Å². The molecule has 2 nitrogen and oxygen atoms in total. The second-order valence-electron chi connectivity index (χ2n) is 7.16. The van der Waals surface area contributed by atoms with Gasteiger partial charge in [0.1, 0.15) is 0 Å². The number of rotatable bonds is 3. The SMILES string of the molecule is Cc1ccncc1NCC1CCC(C(C)(C)C)CC1. The number of nitrogens with one attached hydrogen (secondary N) is 1. The van der Waals surface area contributed by atoms with Crippen LogP contribution in [0.1, 0.15) is 52.0 Å². The zero-order chi connectivity index (χ0) is 13.9. The van der Waals surface area contributed by atoms with E-state index in [-0.39, 0.29) is 0 Å². The Labute approximate surface area is 118 Å². The van der Waals surface area contributed by atoms with Crippen molar-refractivity contribution in [1.29, 1.82) is 0 Å². The van der Waals surface area contributed by atoms with Gasteiger partial charge >= 0.3 is 0 Å². The molecular weight excluding hydrogens is 232 g/mol. The van der Waals surface area contributed by atoms with Crippen LogP contribution in [0.25, 0.3) is 0 Å². The molecule has 1 aromatic rings. The summed E-state index contributed by atoms with van der Waals surface area (Å²) in [4.78, 5) is 4.19. The van der Waals surface area contributed by atoms with Crippen LogP contribution < -0.4 is 5.32 Å². The van der Waals surface area contributed by atoms with Crippen LogP contribution in [0.2, 0.25) is 0 Å². The van der Waals surface area contributed by atoms with Crippen molar-refractivity contribution in [3.8, 4) is 0 Å². The first kappa shape index (κ1) is 14.4. The Kier molecular flexibility index (Phi) is 4.49. The number of aryl methyl sites for hydroxylation is 1. The molecule has 1 heterocycles. The Morgan fingerprint density at radius 1 is 1.21 bits per heavy atom. The van der Waals surface area contributed by atoms with Crippen LogP contribution in [0.15, 0.2) is 18.5 Å². The number of nitrogens with zero attached hydrogens (tertiary/aromatic N) is 1. The van der Waals surface area contributed by atoms with Gasteiger partial charge in [-0.15, -0.1) is 0 Å². The topological polar surface area (TPSA) is 24.9 Å². The summed E-state index contributed by atoms with van der Waals surface area (Å²) in [5, 5.41) is 3.57. The highest BCUT2D eigenvalue weighted by molar-refractivity contribution is 5.47. The molecule has 0 saturated heterocycles. The molecule has 1 saturated carbocycles. The fraction of sp³-hybridized carbons (Fsp3) is 0.706. The fourth-order valence-electron chi connectivity index (χ4n) is 3.14. The molecule has 2 rings (SSSR count). The monoisotopic (exact) mass is 260 g/mol. The van der Waals surface area contributed by atoms with Gasteiger partial charge in [-0.1, -0.05) is 20.8 Å². The third kappa shape index (κ3) is 3.95. The lowest BCUT2D eigenvalue weighted by atomic mass is 9.70. The van der Waals surface area contributed by atoms with Crippen LogP contribution in [0.4, 0.5) is 5.69 Å². The predicted octanol–water partition coefficient (Wildman–Crippen LogP) is 4.65. The summed E-state index contributed by atoms with van der Waals surface area (Å²) in [6, 6.07) is 2.07. The number of anilines is 1. The van der Waals surface area contributed by atoms with Crippen molar-refractivity contribution in [2.24, 2.45) is 17.3 Å². The highest BCUT2D eigenvalue weighted by atomic mass is 14.9. The molecule has 1 fully saturated rings. The van der Waals surface area contributed by atoms with Crippen molar-refractivity contribution in [3.63, 3.8) is 0 Å². The van der Waals surface area contributed by atoms with Crippen molar-refractivity contribution in [2.75, 3.05) is 11.9 Å². The molecule has 0 amide bonds. The van der Waals surface area contributed by atoms with Gasteiger partial charge in [-0.25, -0.2) is 0 Å². The van der Waals surface area contributed by atoms with Gasteiger partial charge in [0, 0.05) is 12.7 Å². The van der Waals surface area contributed by atoms with E-state index in [0.717, 1.165) is 18.4 Å². The molecule has 1 aromatic heterocycles. The van der Waals surface area contributed by atoms with E-state index < -0.39 is 0 Å². The average molecular weight is 260 g/mol.